The molecule has 2 heterocycles. The third-order valence-corrected chi connectivity index (χ3v) is 7.84. The Hall–Kier alpha value is -2.50. The highest BCUT2D eigenvalue weighted by atomic mass is 15.2. The topological polar surface area (TPSA) is 38.3 Å². The molecule has 0 saturated heterocycles. The summed E-state index contributed by atoms with van der Waals surface area (Å²) < 4.78 is 4.60. The van der Waals surface area contributed by atoms with E-state index in [-0.39, 0.29) is 22.2 Å². The van der Waals surface area contributed by atoms with Crippen molar-refractivity contribution in [2.24, 2.45) is 0 Å². The van der Waals surface area contributed by atoms with Crippen molar-refractivity contribution < 1.29 is 0 Å². The molecule has 3 rings (SSSR count). The molecular weight excluding hydrogens is 444 g/mol. The summed E-state index contributed by atoms with van der Waals surface area (Å²) in [4.78, 5) is 15.1. The molecule has 0 fully saturated rings. The maximum atomic E-state index is 5.28. The van der Waals surface area contributed by atoms with Crippen LogP contribution < -0.4 is 29.9 Å². The summed E-state index contributed by atoms with van der Waals surface area (Å²) in [6.45, 7) is 26.8. The number of fused-ring (bicyclic) bond motifs is 2. The summed E-state index contributed by atoms with van der Waals surface area (Å²) in [6.07, 6.45) is 0. The van der Waals surface area contributed by atoms with Crippen molar-refractivity contribution in [3.8, 4) is 0 Å². The van der Waals surface area contributed by atoms with Crippen molar-refractivity contribution in [3.05, 3.63) is 23.1 Å². The highest BCUT2D eigenvalue weighted by Crippen LogP contribution is 2.34. The van der Waals surface area contributed by atoms with Crippen LogP contribution in [-0.2, 0) is 0 Å². The lowest BCUT2D eigenvalue weighted by Crippen LogP contribution is -2.43. The zero-order valence-corrected chi connectivity index (χ0v) is 25.8. The smallest absolute Gasteiger partial charge is 0.329 e. The number of aromatic nitrogens is 2. The van der Waals surface area contributed by atoms with Gasteiger partial charge in [-0.15, -0.1) is 0 Å². The lowest BCUT2D eigenvalue weighted by Gasteiger charge is -2.31. The Balaban J connectivity index is 2.66. The van der Waals surface area contributed by atoms with Gasteiger partial charge in [-0.2, -0.15) is 0 Å². The quantitative estimate of drug-likeness (QED) is 0.491. The third-order valence-electron chi connectivity index (χ3n) is 7.84. The molecule has 0 saturated carbocycles. The average Bonchev–Trinajstić information content (AvgIpc) is 3.25. The Labute approximate surface area is 218 Å². The highest BCUT2D eigenvalue weighted by Gasteiger charge is 2.34. The molecule has 36 heavy (non-hydrogen) atoms. The fraction of sp³-hybridized carbons (Fsp3) is 0.667. The molecule has 0 atom stereocenters. The predicted molar refractivity (Wildman–Crippen MR) is 158 cm³/mol. The molecule has 3 aromatic rings. The summed E-state index contributed by atoms with van der Waals surface area (Å²) in [5.74, 6) is 2.03. The van der Waals surface area contributed by atoms with Crippen molar-refractivity contribution in [2.75, 3.05) is 38.0 Å². The zero-order valence-electron chi connectivity index (χ0n) is 25.8. The Bertz CT molecular complexity index is 1300. The first-order chi connectivity index (χ1) is 16.1. The summed E-state index contributed by atoms with van der Waals surface area (Å²) in [5.41, 5.74) is 1.78. The Morgan fingerprint density at radius 3 is 1.06 bits per heavy atom. The van der Waals surface area contributed by atoms with Gasteiger partial charge in [-0.3, -0.25) is 9.15 Å². The first-order valence-corrected chi connectivity index (χ1v) is 13.1. The fourth-order valence-electron chi connectivity index (χ4n) is 4.07. The molecule has 6 nitrogen and oxygen atoms in total. The minimum atomic E-state index is -0.0618. The third kappa shape index (κ3) is 4.88. The number of nitrogens with zero attached hydrogens (tertiary/aromatic N) is 6. The Kier molecular flexibility index (Phi) is 6.65. The normalized spacial score (nSPS) is 15.6. The van der Waals surface area contributed by atoms with Crippen molar-refractivity contribution in [1.82, 2.24) is 19.1 Å². The monoisotopic (exact) mass is 494 g/mol. The maximum absolute atomic E-state index is 5.28. The molecule has 0 aliphatic carbocycles. The number of hydrogen-bond donors (Lipinski definition) is 0. The second kappa shape index (κ2) is 8.53. The van der Waals surface area contributed by atoms with Gasteiger partial charge in [0.15, 0.2) is 0 Å². The molecular formula is C30H50N6+2. The number of anilines is 2. The molecule has 1 aromatic carbocycles. The van der Waals surface area contributed by atoms with Crippen LogP contribution in [0.4, 0.5) is 11.6 Å². The van der Waals surface area contributed by atoms with Crippen LogP contribution in [0.2, 0.25) is 0 Å². The molecule has 0 radical (unpaired) electrons. The molecule has 0 amide bonds. The second-order valence-electron chi connectivity index (χ2n) is 14.4. The van der Waals surface area contributed by atoms with E-state index in [2.05, 4.69) is 142 Å². The summed E-state index contributed by atoms with van der Waals surface area (Å²) >= 11 is 0. The SMILES string of the molecule is CN(c1nc(=[N+](C)C(C)(C)C)c2cc3c(=[N+](C)C(C)(C)C)nc(N(C)C(C)(C)C)c3cc12)C(C)(C)C. The van der Waals surface area contributed by atoms with E-state index in [4.69, 9.17) is 9.97 Å². The fourth-order valence-corrected chi connectivity index (χ4v) is 4.07. The lowest BCUT2D eigenvalue weighted by molar-refractivity contribution is 0.392. The molecule has 6 heteroatoms. The van der Waals surface area contributed by atoms with Crippen LogP contribution in [0.1, 0.15) is 83.1 Å². The van der Waals surface area contributed by atoms with Gasteiger partial charge in [0.05, 0.1) is 46.7 Å². The molecule has 198 valence electrons. The van der Waals surface area contributed by atoms with E-state index in [0.29, 0.717) is 0 Å². The van der Waals surface area contributed by atoms with E-state index < -0.39 is 0 Å². The molecule has 0 aliphatic rings. The van der Waals surface area contributed by atoms with Gasteiger partial charge in [0.25, 0.3) is 11.6 Å². The largest absolute Gasteiger partial charge is 0.334 e. The number of rotatable bonds is 2. The number of benzene rings is 1. The first kappa shape index (κ1) is 28.1. The van der Waals surface area contributed by atoms with Crippen molar-refractivity contribution in [1.29, 1.82) is 0 Å². The van der Waals surface area contributed by atoms with Gasteiger partial charge >= 0.3 is 11.0 Å². The number of hydrogen-bond acceptors (Lipinski definition) is 4. The highest BCUT2D eigenvalue weighted by molar-refractivity contribution is 6.07. The minimum absolute atomic E-state index is 0.0618. The van der Waals surface area contributed by atoms with Gasteiger partial charge in [0, 0.05) is 25.2 Å². The average molecular weight is 495 g/mol. The summed E-state index contributed by atoms with van der Waals surface area (Å²) in [6, 6.07) is 4.67. The van der Waals surface area contributed by atoms with Crippen LogP contribution in [0.15, 0.2) is 12.1 Å². The van der Waals surface area contributed by atoms with Crippen LogP contribution in [0.3, 0.4) is 0 Å². The maximum Gasteiger partial charge on any atom is 0.329 e. The molecule has 0 N–H and O–H groups in total. The Morgan fingerprint density at radius 2 is 0.806 bits per heavy atom. The van der Waals surface area contributed by atoms with Crippen molar-refractivity contribution >= 4 is 33.2 Å². The first-order valence-electron chi connectivity index (χ1n) is 13.1. The van der Waals surface area contributed by atoms with E-state index in [9.17, 15) is 0 Å². The molecule has 0 bridgehead atoms. The zero-order chi connectivity index (χ0) is 27.8. The van der Waals surface area contributed by atoms with Gasteiger partial charge in [0.1, 0.15) is 0 Å². The van der Waals surface area contributed by atoms with Crippen molar-refractivity contribution in [2.45, 2.75) is 105 Å². The van der Waals surface area contributed by atoms with Crippen LogP contribution in [0.25, 0.3) is 21.5 Å². The van der Waals surface area contributed by atoms with Crippen LogP contribution >= 0.6 is 0 Å². The summed E-state index contributed by atoms with van der Waals surface area (Å²) in [5, 5.41) is 4.69. The lowest BCUT2D eigenvalue weighted by atomic mass is 10.0. The predicted octanol–water partition coefficient (Wildman–Crippen LogP) is 4.53. The van der Waals surface area contributed by atoms with Gasteiger partial charge < -0.3 is 9.80 Å². The minimum Gasteiger partial charge on any atom is -0.334 e. The second-order valence-corrected chi connectivity index (χ2v) is 14.4. The van der Waals surface area contributed by atoms with Crippen LogP contribution in [0, 0.1) is 0 Å². The van der Waals surface area contributed by atoms with E-state index in [1.54, 1.807) is 0 Å². The molecule has 0 aliphatic heterocycles. The summed E-state index contributed by atoms with van der Waals surface area (Å²) in [7, 11) is 8.60. The van der Waals surface area contributed by atoms with Gasteiger partial charge in [-0.1, -0.05) is 0 Å². The van der Waals surface area contributed by atoms with E-state index >= 15 is 0 Å². The van der Waals surface area contributed by atoms with Gasteiger partial charge in [-0.05, 0) is 105 Å². The Morgan fingerprint density at radius 1 is 0.528 bits per heavy atom. The molecule has 0 unspecified atom stereocenters. The van der Waals surface area contributed by atoms with Crippen molar-refractivity contribution in [3.63, 3.8) is 0 Å². The van der Waals surface area contributed by atoms with Crippen LogP contribution in [0.5, 0.6) is 0 Å². The van der Waals surface area contributed by atoms with E-state index in [1.807, 2.05) is 0 Å². The van der Waals surface area contributed by atoms with E-state index in [1.165, 1.54) is 21.5 Å². The van der Waals surface area contributed by atoms with Gasteiger partial charge in [0.2, 0.25) is 0 Å². The molecule has 2 aromatic heterocycles. The van der Waals surface area contributed by atoms with Gasteiger partial charge in [-0.25, -0.2) is 0 Å². The standard InChI is InChI=1S/C30H50N6/c1-27(2,3)33(13)23-19-17-21-22(18-20(19)24(31-23)34(14)28(4,5)6)26(36(16)30(10,11)12)32-25(21)35(15)29(7,8)9/h17-18H,1-16H3/q+2. The molecule has 0 spiro atoms. The van der Waals surface area contributed by atoms with E-state index in [0.717, 1.165) is 22.6 Å². The van der Waals surface area contributed by atoms with Crippen LogP contribution in [-0.4, -0.2) is 60.3 Å².